The van der Waals surface area contributed by atoms with Gasteiger partial charge in [0.1, 0.15) is 5.75 Å². The van der Waals surface area contributed by atoms with Gasteiger partial charge in [-0.05, 0) is 65.7 Å². The molecule has 0 radical (unpaired) electrons. The van der Waals surface area contributed by atoms with Gasteiger partial charge in [0, 0.05) is 26.3 Å². The van der Waals surface area contributed by atoms with Crippen LogP contribution in [0.4, 0.5) is 0 Å². The second kappa shape index (κ2) is 10.6. The van der Waals surface area contributed by atoms with Crippen LogP contribution in [0, 0.1) is 5.92 Å². The summed E-state index contributed by atoms with van der Waals surface area (Å²) in [6, 6.07) is 6.02. The number of rotatable bonds is 10. The molecule has 0 aromatic heterocycles. The van der Waals surface area contributed by atoms with Gasteiger partial charge in [-0.3, -0.25) is 0 Å². The van der Waals surface area contributed by atoms with E-state index >= 15 is 0 Å². The van der Waals surface area contributed by atoms with Crippen molar-refractivity contribution in [3.63, 3.8) is 0 Å². The lowest BCUT2D eigenvalue weighted by atomic mass is 10.2. The summed E-state index contributed by atoms with van der Waals surface area (Å²) in [5.41, 5.74) is 1.13. The van der Waals surface area contributed by atoms with E-state index in [1.165, 1.54) is 12.8 Å². The quantitative estimate of drug-likeness (QED) is 0.361. The maximum atomic E-state index is 5.65. The van der Waals surface area contributed by atoms with Crippen LogP contribution in [-0.4, -0.2) is 39.4 Å². The highest BCUT2D eigenvalue weighted by Crippen LogP contribution is 2.28. The van der Waals surface area contributed by atoms with E-state index in [1.807, 2.05) is 18.2 Å². The molecule has 0 spiro atoms. The standard InChI is InChI=1S/C18H28BrN3O2/c1-3-20-18(21-9-4-10-24-13-14-5-6-14)22-12-15-7-8-17(23-2)16(19)11-15/h7-8,11,14H,3-6,9-10,12-13H2,1-2H3,(H2,20,21,22). The van der Waals surface area contributed by atoms with Gasteiger partial charge in [0.15, 0.2) is 5.96 Å². The number of aliphatic imine (C=N–C) groups is 1. The molecule has 1 fully saturated rings. The number of nitrogens with zero attached hydrogens (tertiary/aromatic N) is 1. The molecule has 0 atom stereocenters. The van der Waals surface area contributed by atoms with Gasteiger partial charge in [0.05, 0.1) is 18.1 Å². The number of nitrogens with one attached hydrogen (secondary N) is 2. The summed E-state index contributed by atoms with van der Waals surface area (Å²) in [4.78, 5) is 4.63. The Balaban J connectivity index is 1.73. The van der Waals surface area contributed by atoms with Gasteiger partial charge in [-0.25, -0.2) is 4.99 Å². The highest BCUT2D eigenvalue weighted by Gasteiger charge is 2.20. The Kier molecular flexibility index (Phi) is 8.39. The summed E-state index contributed by atoms with van der Waals surface area (Å²) < 4.78 is 11.8. The summed E-state index contributed by atoms with van der Waals surface area (Å²) in [7, 11) is 1.67. The number of ether oxygens (including phenoxy) is 2. The average molecular weight is 398 g/mol. The van der Waals surface area contributed by atoms with Gasteiger partial charge in [0.25, 0.3) is 0 Å². The fourth-order valence-electron chi connectivity index (χ4n) is 2.24. The average Bonchev–Trinajstić information content (AvgIpc) is 3.40. The predicted molar refractivity (Wildman–Crippen MR) is 102 cm³/mol. The zero-order valence-electron chi connectivity index (χ0n) is 14.6. The lowest BCUT2D eigenvalue weighted by Crippen LogP contribution is -2.38. The van der Waals surface area contributed by atoms with Crippen molar-refractivity contribution >= 4 is 21.9 Å². The van der Waals surface area contributed by atoms with Crippen molar-refractivity contribution in [3.8, 4) is 5.75 Å². The Morgan fingerprint density at radius 1 is 1.33 bits per heavy atom. The molecule has 1 aliphatic carbocycles. The van der Waals surface area contributed by atoms with Crippen LogP contribution in [0.15, 0.2) is 27.7 Å². The highest BCUT2D eigenvalue weighted by atomic mass is 79.9. The molecule has 1 aromatic carbocycles. The lowest BCUT2D eigenvalue weighted by molar-refractivity contribution is 0.123. The zero-order valence-corrected chi connectivity index (χ0v) is 16.2. The molecule has 1 aliphatic rings. The van der Waals surface area contributed by atoms with Crippen molar-refractivity contribution < 1.29 is 9.47 Å². The fourth-order valence-corrected chi connectivity index (χ4v) is 2.82. The van der Waals surface area contributed by atoms with Crippen LogP contribution < -0.4 is 15.4 Å². The van der Waals surface area contributed by atoms with Crippen LogP contribution in [0.2, 0.25) is 0 Å². The van der Waals surface area contributed by atoms with Crippen molar-refractivity contribution in [1.82, 2.24) is 10.6 Å². The normalized spacial score (nSPS) is 14.5. The zero-order chi connectivity index (χ0) is 17.2. The fraction of sp³-hybridized carbons (Fsp3) is 0.611. The lowest BCUT2D eigenvalue weighted by Gasteiger charge is -2.12. The Hall–Kier alpha value is -1.27. The number of hydrogen-bond acceptors (Lipinski definition) is 3. The molecule has 0 saturated heterocycles. The van der Waals surface area contributed by atoms with Crippen LogP contribution >= 0.6 is 15.9 Å². The Bertz CT molecular complexity index is 533. The molecule has 1 saturated carbocycles. The Morgan fingerprint density at radius 3 is 2.83 bits per heavy atom. The first-order valence-corrected chi connectivity index (χ1v) is 9.44. The van der Waals surface area contributed by atoms with E-state index in [2.05, 4.69) is 38.5 Å². The second-order valence-electron chi connectivity index (χ2n) is 5.96. The highest BCUT2D eigenvalue weighted by molar-refractivity contribution is 9.10. The van der Waals surface area contributed by atoms with E-state index in [-0.39, 0.29) is 0 Å². The SMILES string of the molecule is CCNC(=NCc1ccc(OC)c(Br)c1)NCCCOCC1CC1. The summed E-state index contributed by atoms with van der Waals surface area (Å²) in [6.45, 7) is 6.14. The third-order valence-electron chi connectivity index (χ3n) is 3.79. The minimum atomic E-state index is 0.621. The molecule has 134 valence electrons. The summed E-state index contributed by atoms with van der Waals surface area (Å²) >= 11 is 3.51. The molecular weight excluding hydrogens is 370 g/mol. The molecule has 0 aliphatic heterocycles. The molecule has 0 heterocycles. The molecule has 0 amide bonds. The topological polar surface area (TPSA) is 54.9 Å². The Morgan fingerprint density at radius 2 is 2.17 bits per heavy atom. The molecule has 2 rings (SSSR count). The number of guanidine groups is 1. The largest absolute Gasteiger partial charge is 0.496 e. The molecule has 5 nitrogen and oxygen atoms in total. The minimum absolute atomic E-state index is 0.621. The van der Waals surface area contributed by atoms with Crippen molar-refractivity contribution in [1.29, 1.82) is 0 Å². The second-order valence-corrected chi connectivity index (χ2v) is 6.82. The summed E-state index contributed by atoms with van der Waals surface area (Å²) in [5.74, 6) is 2.51. The van der Waals surface area contributed by atoms with Crippen LogP contribution in [0.25, 0.3) is 0 Å². The van der Waals surface area contributed by atoms with Crippen molar-refractivity contribution in [2.45, 2.75) is 32.7 Å². The van der Waals surface area contributed by atoms with Gasteiger partial charge in [0.2, 0.25) is 0 Å². The number of benzene rings is 1. The van der Waals surface area contributed by atoms with E-state index < -0.39 is 0 Å². The van der Waals surface area contributed by atoms with Crippen LogP contribution in [0.1, 0.15) is 31.7 Å². The third-order valence-corrected chi connectivity index (χ3v) is 4.41. The molecular formula is C18H28BrN3O2. The van der Waals surface area contributed by atoms with Crippen LogP contribution in [-0.2, 0) is 11.3 Å². The van der Waals surface area contributed by atoms with Crippen LogP contribution in [0.5, 0.6) is 5.75 Å². The maximum Gasteiger partial charge on any atom is 0.191 e. The van der Waals surface area contributed by atoms with E-state index in [0.29, 0.717) is 6.54 Å². The number of methoxy groups -OCH3 is 1. The van der Waals surface area contributed by atoms with E-state index in [4.69, 9.17) is 9.47 Å². The smallest absolute Gasteiger partial charge is 0.191 e. The third kappa shape index (κ3) is 7.09. The first-order valence-electron chi connectivity index (χ1n) is 8.65. The summed E-state index contributed by atoms with van der Waals surface area (Å²) in [5, 5.41) is 6.63. The maximum absolute atomic E-state index is 5.65. The van der Waals surface area contributed by atoms with E-state index in [9.17, 15) is 0 Å². The first kappa shape index (κ1) is 19.1. The van der Waals surface area contributed by atoms with Gasteiger partial charge < -0.3 is 20.1 Å². The molecule has 24 heavy (non-hydrogen) atoms. The van der Waals surface area contributed by atoms with Crippen LogP contribution in [0.3, 0.4) is 0 Å². The number of halogens is 1. The van der Waals surface area contributed by atoms with Gasteiger partial charge in [-0.2, -0.15) is 0 Å². The molecule has 2 N–H and O–H groups in total. The minimum Gasteiger partial charge on any atom is -0.496 e. The predicted octanol–water partition coefficient (Wildman–Crippen LogP) is 3.33. The molecule has 0 bridgehead atoms. The summed E-state index contributed by atoms with van der Waals surface area (Å²) in [6.07, 6.45) is 3.68. The van der Waals surface area contributed by atoms with Gasteiger partial charge in [-0.1, -0.05) is 6.07 Å². The van der Waals surface area contributed by atoms with E-state index in [1.54, 1.807) is 7.11 Å². The molecule has 0 unspecified atom stereocenters. The van der Waals surface area contributed by atoms with Gasteiger partial charge >= 0.3 is 0 Å². The molecule has 6 heteroatoms. The van der Waals surface area contributed by atoms with Crippen molar-refractivity contribution in [2.24, 2.45) is 10.9 Å². The molecule has 1 aromatic rings. The Labute approximate surface area is 153 Å². The van der Waals surface area contributed by atoms with E-state index in [0.717, 1.165) is 60.4 Å². The number of hydrogen-bond donors (Lipinski definition) is 2. The van der Waals surface area contributed by atoms with Crippen molar-refractivity contribution in [2.75, 3.05) is 33.4 Å². The monoisotopic (exact) mass is 397 g/mol. The first-order chi connectivity index (χ1) is 11.7. The van der Waals surface area contributed by atoms with Gasteiger partial charge in [-0.15, -0.1) is 0 Å². The van der Waals surface area contributed by atoms with Crippen molar-refractivity contribution in [3.05, 3.63) is 28.2 Å².